The van der Waals surface area contributed by atoms with Crippen molar-refractivity contribution in [1.29, 1.82) is 0 Å². The van der Waals surface area contributed by atoms with E-state index in [4.69, 9.17) is 9.47 Å². The zero-order chi connectivity index (χ0) is 16.7. The largest absolute Gasteiger partial charge is 0.482 e. The first kappa shape index (κ1) is 15.1. The highest BCUT2D eigenvalue weighted by Crippen LogP contribution is 2.34. The number of anilines is 1. The Morgan fingerprint density at radius 2 is 2.00 bits per heavy atom. The number of nitrogens with zero attached hydrogens (tertiary/aromatic N) is 1. The van der Waals surface area contributed by atoms with Crippen LogP contribution in [0.2, 0.25) is 0 Å². The van der Waals surface area contributed by atoms with Gasteiger partial charge in [0.15, 0.2) is 22.4 Å². The molecule has 1 aliphatic carbocycles. The number of aryl methyl sites for hydroxylation is 1. The Kier molecular flexibility index (Phi) is 3.72. The molecule has 124 valence electrons. The lowest BCUT2D eigenvalue weighted by Gasteiger charge is -2.30. The summed E-state index contributed by atoms with van der Waals surface area (Å²) < 4.78 is 11.5. The first-order chi connectivity index (χ1) is 11.6. The monoisotopic (exact) mass is 344 g/mol. The van der Waals surface area contributed by atoms with Crippen LogP contribution in [0.5, 0.6) is 11.5 Å². The maximum atomic E-state index is 12.5. The highest BCUT2D eigenvalue weighted by Gasteiger charge is 2.35. The molecule has 0 bridgehead atoms. The molecule has 4 rings (SSSR count). The van der Waals surface area contributed by atoms with Gasteiger partial charge in [-0.1, -0.05) is 23.5 Å². The number of ether oxygens (including phenoxy) is 2. The molecule has 2 heterocycles. The number of aromatic nitrogens is 1. The lowest BCUT2D eigenvalue weighted by atomic mass is 10.0. The maximum absolute atomic E-state index is 12.5. The minimum absolute atomic E-state index is 0.105. The van der Waals surface area contributed by atoms with Gasteiger partial charge in [0.2, 0.25) is 6.10 Å². The number of hydrogen-bond donors (Lipinski definition) is 1. The summed E-state index contributed by atoms with van der Waals surface area (Å²) >= 11 is 1.23. The molecule has 2 atom stereocenters. The van der Waals surface area contributed by atoms with Gasteiger partial charge in [-0.25, -0.2) is 4.98 Å². The maximum Gasteiger partial charge on any atom is 0.271 e. The van der Waals surface area contributed by atoms with Gasteiger partial charge in [-0.05, 0) is 31.9 Å². The molecule has 0 radical (unpaired) electrons. The first-order valence-corrected chi connectivity index (χ1v) is 8.69. The number of thiazole rings is 1. The SMILES string of the molecule is CC1Oc2ccccc2OC1C(=O)Nc1nc2c(s1)C(=O)CCC2. The fourth-order valence-corrected chi connectivity index (χ4v) is 3.89. The number of hydrogen-bond acceptors (Lipinski definition) is 6. The molecule has 1 aliphatic heterocycles. The van der Waals surface area contributed by atoms with Gasteiger partial charge in [0.05, 0.1) is 10.6 Å². The van der Waals surface area contributed by atoms with Gasteiger partial charge in [-0.3, -0.25) is 14.9 Å². The first-order valence-electron chi connectivity index (χ1n) is 7.88. The Labute approximate surface area is 142 Å². The van der Waals surface area contributed by atoms with Gasteiger partial charge in [0, 0.05) is 6.42 Å². The summed E-state index contributed by atoms with van der Waals surface area (Å²) in [5.74, 6) is 0.957. The van der Waals surface area contributed by atoms with Crippen LogP contribution in [0.25, 0.3) is 0 Å². The molecule has 24 heavy (non-hydrogen) atoms. The summed E-state index contributed by atoms with van der Waals surface area (Å²) in [5.41, 5.74) is 0.783. The van der Waals surface area contributed by atoms with Crippen LogP contribution in [0.3, 0.4) is 0 Å². The summed E-state index contributed by atoms with van der Waals surface area (Å²) in [6.45, 7) is 1.79. The predicted octanol–water partition coefficient (Wildman–Crippen LogP) is 2.83. The smallest absolute Gasteiger partial charge is 0.271 e. The van der Waals surface area contributed by atoms with Crippen molar-refractivity contribution in [2.24, 2.45) is 0 Å². The number of amides is 1. The Morgan fingerprint density at radius 1 is 1.25 bits per heavy atom. The van der Waals surface area contributed by atoms with Crippen LogP contribution in [0.15, 0.2) is 24.3 Å². The molecular formula is C17H16N2O4S. The van der Waals surface area contributed by atoms with E-state index < -0.39 is 12.2 Å². The van der Waals surface area contributed by atoms with Crippen LogP contribution in [-0.4, -0.2) is 28.9 Å². The molecule has 2 unspecified atom stereocenters. The van der Waals surface area contributed by atoms with Crippen molar-refractivity contribution in [3.8, 4) is 11.5 Å². The summed E-state index contributed by atoms with van der Waals surface area (Å²) in [4.78, 5) is 29.5. The minimum atomic E-state index is -0.767. The zero-order valence-corrected chi connectivity index (χ0v) is 13.9. The van der Waals surface area contributed by atoms with Gasteiger partial charge in [0.1, 0.15) is 6.10 Å². The summed E-state index contributed by atoms with van der Waals surface area (Å²) in [6, 6.07) is 7.25. The lowest BCUT2D eigenvalue weighted by Crippen LogP contribution is -2.46. The number of para-hydroxylation sites is 2. The number of carbonyl (C=O) groups excluding carboxylic acids is 2. The van der Waals surface area contributed by atoms with Crippen molar-refractivity contribution >= 4 is 28.2 Å². The fraction of sp³-hybridized carbons (Fsp3) is 0.353. The molecule has 2 aliphatic rings. The molecule has 1 aromatic heterocycles. The van der Waals surface area contributed by atoms with Crippen LogP contribution >= 0.6 is 11.3 Å². The van der Waals surface area contributed by atoms with Crippen LogP contribution < -0.4 is 14.8 Å². The molecule has 6 nitrogen and oxygen atoms in total. The van der Waals surface area contributed by atoms with Crippen molar-refractivity contribution in [2.75, 3.05) is 5.32 Å². The number of carbonyl (C=O) groups is 2. The van der Waals surface area contributed by atoms with E-state index in [1.165, 1.54) is 11.3 Å². The summed E-state index contributed by atoms with van der Waals surface area (Å²) in [5, 5.41) is 3.20. The van der Waals surface area contributed by atoms with Gasteiger partial charge in [-0.2, -0.15) is 0 Å². The second-order valence-corrected chi connectivity index (χ2v) is 6.87. The average molecular weight is 344 g/mol. The standard InChI is InChI=1S/C17H16N2O4S/c1-9-14(23-13-8-3-2-7-12(13)22-9)16(21)19-17-18-10-5-4-6-11(20)15(10)24-17/h2-3,7-9,14H,4-6H2,1H3,(H,18,19,21). The van der Waals surface area contributed by atoms with E-state index in [-0.39, 0.29) is 11.7 Å². The Hall–Kier alpha value is -2.41. The van der Waals surface area contributed by atoms with E-state index >= 15 is 0 Å². The molecule has 0 saturated carbocycles. The van der Waals surface area contributed by atoms with Gasteiger partial charge in [-0.15, -0.1) is 0 Å². The normalized spacial score (nSPS) is 22.0. The van der Waals surface area contributed by atoms with E-state index in [2.05, 4.69) is 10.3 Å². The molecule has 1 amide bonds. The third kappa shape index (κ3) is 2.65. The Bertz CT molecular complexity index is 817. The van der Waals surface area contributed by atoms with E-state index in [0.29, 0.717) is 27.9 Å². The molecular weight excluding hydrogens is 328 g/mol. The molecule has 1 N–H and O–H groups in total. The Morgan fingerprint density at radius 3 is 2.75 bits per heavy atom. The van der Waals surface area contributed by atoms with Gasteiger partial charge >= 0.3 is 0 Å². The molecule has 7 heteroatoms. The lowest BCUT2D eigenvalue weighted by molar-refractivity contribution is -0.128. The van der Waals surface area contributed by atoms with Crippen molar-refractivity contribution in [1.82, 2.24) is 4.98 Å². The molecule has 2 aromatic rings. The average Bonchev–Trinajstić information content (AvgIpc) is 2.98. The van der Waals surface area contributed by atoms with E-state index in [9.17, 15) is 9.59 Å². The van der Waals surface area contributed by atoms with Crippen LogP contribution in [0, 0.1) is 0 Å². The number of ketones is 1. The topological polar surface area (TPSA) is 77.5 Å². The summed E-state index contributed by atoms with van der Waals surface area (Å²) in [6.07, 6.45) is 0.958. The van der Waals surface area contributed by atoms with Crippen LogP contribution in [0.1, 0.15) is 35.1 Å². The summed E-state index contributed by atoms with van der Waals surface area (Å²) in [7, 11) is 0. The third-order valence-corrected chi connectivity index (χ3v) is 5.15. The third-order valence-electron chi connectivity index (χ3n) is 4.10. The molecule has 0 saturated heterocycles. The highest BCUT2D eigenvalue weighted by molar-refractivity contribution is 7.17. The van der Waals surface area contributed by atoms with E-state index in [0.717, 1.165) is 18.5 Å². The zero-order valence-electron chi connectivity index (χ0n) is 13.1. The molecule has 0 fully saturated rings. The van der Waals surface area contributed by atoms with E-state index in [1.54, 1.807) is 19.1 Å². The number of benzene rings is 1. The van der Waals surface area contributed by atoms with Crippen molar-refractivity contribution in [3.63, 3.8) is 0 Å². The number of rotatable bonds is 2. The molecule has 1 aromatic carbocycles. The Balaban J connectivity index is 1.52. The predicted molar refractivity (Wildman–Crippen MR) is 89.0 cm³/mol. The van der Waals surface area contributed by atoms with Crippen LogP contribution in [-0.2, 0) is 11.2 Å². The van der Waals surface area contributed by atoms with Crippen molar-refractivity contribution in [3.05, 3.63) is 34.8 Å². The quantitative estimate of drug-likeness (QED) is 0.906. The minimum Gasteiger partial charge on any atom is -0.482 e. The number of fused-ring (bicyclic) bond motifs is 2. The second kappa shape index (κ2) is 5.90. The fourth-order valence-electron chi connectivity index (χ4n) is 2.91. The number of nitrogens with one attached hydrogen (secondary N) is 1. The van der Waals surface area contributed by atoms with Gasteiger partial charge in [0.25, 0.3) is 5.91 Å². The van der Waals surface area contributed by atoms with Crippen molar-refractivity contribution < 1.29 is 19.1 Å². The number of Topliss-reactive ketones (excluding diaryl/α,β-unsaturated/α-hetero) is 1. The van der Waals surface area contributed by atoms with Crippen molar-refractivity contribution in [2.45, 2.75) is 38.4 Å². The van der Waals surface area contributed by atoms with Crippen LogP contribution in [0.4, 0.5) is 5.13 Å². The second-order valence-electron chi connectivity index (χ2n) is 5.87. The highest BCUT2D eigenvalue weighted by atomic mass is 32.1. The van der Waals surface area contributed by atoms with Gasteiger partial charge < -0.3 is 9.47 Å². The molecule has 0 spiro atoms. The van der Waals surface area contributed by atoms with E-state index in [1.807, 2.05) is 12.1 Å².